The summed E-state index contributed by atoms with van der Waals surface area (Å²) in [6.45, 7) is 0. The molecule has 1 aromatic rings. The first-order chi connectivity index (χ1) is 8.22. The first kappa shape index (κ1) is 16.6. The van der Waals surface area contributed by atoms with Crippen molar-refractivity contribution in [2.24, 2.45) is 0 Å². The molecule has 1 aliphatic rings. The van der Waals surface area contributed by atoms with Gasteiger partial charge in [0.2, 0.25) is 0 Å². The van der Waals surface area contributed by atoms with Crippen LogP contribution in [0.3, 0.4) is 0 Å². The zero-order chi connectivity index (χ0) is 12.3. The fourth-order valence-electron chi connectivity index (χ4n) is 2.04. The molecular formula is C13H16ClLiOPS. The molecule has 2 rings (SSSR count). The van der Waals surface area contributed by atoms with Crippen molar-refractivity contribution in [1.82, 2.24) is 0 Å². The van der Waals surface area contributed by atoms with Crippen LogP contribution in [-0.4, -0.2) is 30.6 Å². The molecule has 0 aromatic heterocycles. The van der Waals surface area contributed by atoms with Crippen molar-refractivity contribution in [3.05, 3.63) is 34.4 Å². The number of hydrogen-bond acceptors (Lipinski definition) is 2. The molecule has 0 N–H and O–H groups in total. The first-order valence-electron chi connectivity index (χ1n) is 5.71. The van der Waals surface area contributed by atoms with Crippen LogP contribution in [0.25, 0.3) is 0 Å². The third-order valence-corrected chi connectivity index (χ3v) is 5.35. The molecule has 1 saturated carbocycles. The van der Waals surface area contributed by atoms with Gasteiger partial charge in [-0.3, -0.25) is 4.79 Å². The summed E-state index contributed by atoms with van der Waals surface area (Å²) in [4.78, 5) is 13.3. The van der Waals surface area contributed by atoms with Crippen LogP contribution in [0.15, 0.2) is 23.1 Å². The summed E-state index contributed by atoms with van der Waals surface area (Å²) in [5, 5.41) is 0.591. The summed E-state index contributed by atoms with van der Waals surface area (Å²) in [7, 11) is 0.313. The molecule has 1 radical (unpaired) electrons. The number of carbonyl (C=O) groups is 1. The Balaban J connectivity index is 0.00000162. The van der Waals surface area contributed by atoms with E-state index in [1.807, 2.05) is 18.4 Å². The summed E-state index contributed by atoms with van der Waals surface area (Å²) in [5.74, 6) is 0. The van der Waals surface area contributed by atoms with E-state index >= 15 is 0 Å². The van der Waals surface area contributed by atoms with Gasteiger partial charge < -0.3 is 0 Å². The monoisotopic (exact) mass is 293 g/mol. The van der Waals surface area contributed by atoms with E-state index < -0.39 is 0 Å². The second-order valence-electron chi connectivity index (χ2n) is 4.08. The molecule has 0 spiro atoms. The van der Waals surface area contributed by atoms with E-state index in [1.165, 1.54) is 18.5 Å². The number of benzene rings is 1. The predicted octanol–water partition coefficient (Wildman–Crippen LogP) is 4.34. The third-order valence-electron chi connectivity index (χ3n) is 2.92. The van der Waals surface area contributed by atoms with Crippen LogP contribution in [0.1, 0.15) is 36.0 Å². The van der Waals surface area contributed by atoms with E-state index in [0.717, 1.165) is 23.3 Å². The Morgan fingerprint density at radius 2 is 2.00 bits per heavy atom. The number of rotatable bonds is 4. The summed E-state index contributed by atoms with van der Waals surface area (Å²) in [6.07, 6.45) is 6.72. The summed E-state index contributed by atoms with van der Waals surface area (Å²) < 4.78 is 0. The van der Waals surface area contributed by atoms with Gasteiger partial charge in [0.1, 0.15) is 0 Å². The van der Waals surface area contributed by atoms with Gasteiger partial charge in [-0.15, -0.1) is 11.8 Å². The number of hydrogen-bond donors (Lipinski definition) is 0. The summed E-state index contributed by atoms with van der Waals surface area (Å²) in [6, 6.07) is 5.67. The molecule has 1 aromatic carbocycles. The van der Waals surface area contributed by atoms with Gasteiger partial charge in [-0.05, 0) is 39.8 Å². The van der Waals surface area contributed by atoms with E-state index in [0.29, 0.717) is 13.6 Å². The minimum absolute atomic E-state index is 0. The zero-order valence-electron chi connectivity index (χ0n) is 9.75. The van der Waals surface area contributed by atoms with Crippen LogP contribution >= 0.6 is 31.9 Å². The summed E-state index contributed by atoms with van der Waals surface area (Å²) in [5.41, 5.74) is 2.35. The van der Waals surface area contributed by atoms with Crippen molar-refractivity contribution in [2.75, 3.05) is 6.26 Å². The Morgan fingerprint density at radius 3 is 2.61 bits per heavy atom. The molecule has 1 aliphatic carbocycles. The average Bonchev–Trinajstić information content (AvgIpc) is 2.81. The average molecular weight is 294 g/mol. The maximum absolute atomic E-state index is 12.3. The molecule has 1 unspecified atom stereocenters. The number of thioether (sulfide) groups is 1. The number of halogens is 1. The van der Waals surface area contributed by atoms with Crippen molar-refractivity contribution < 1.29 is 4.79 Å². The van der Waals surface area contributed by atoms with Gasteiger partial charge in [0.25, 0.3) is 0 Å². The van der Waals surface area contributed by atoms with Gasteiger partial charge in [-0.25, -0.2) is 0 Å². The predicted molar refractivity (Wildman–Crippen MR) is 84.7 cm³/mol. The zero-order valence-corrected chi connectivity index (χ0v) is 12.3. The standard InChI is InChI=1S/C13H15ClOPS.Li.H/c1-17-11-8-4-7-10(14)12(11)13(15)16-9-5-2-3-6-9;;/h4,7-8,16H,2-3,5-6H2,1H3;;. The molecule has 1 nitrogen and oxygen atoms in total. The van der Waals surface area contributed by atoms with E-state index in [4.69, 9.17) is 11.6 Å². The Kier molecular flexibility index (Phi) is 7.37. The van der Waals surface area contributed by atoms with Crippen LogP contribution in [0.5, 0.6) is 0 Å². The van der Waals surface area contributed by atoms with Gasteiger partial charge in [0.05, 0.1) is 10.6 Å². The van der Waals surface area contributed by atoms with E-state index in [2.05, 4.69) is 0 Å². The molecule has 1 atom stereocenters. The third kappa shape index (κ3) is 4.02. The topological polar surface area (TPSA) is 17.1 Å². The molecule has 0 saturated heterocycles. The van der Waals surface area contributed by atoms with Crippen molar-refractivity contribution >= 4 is 56.3 Å². The molecule has 1 fully saturated rings. The van der Waals surface area contributed by atoms with Gasteiger partial charge >= 0.3 is 18.9 Å². The van der Waals surface area contributed by atoms with Crippen LogP contribution in [-0.2, 0) is 0 Å². The van der Waals surface area contributed by atoms with Gasteiger partial charge in [-0.1, -0.05) is 30.5 Å². The molecular weight excluding hydrogens is 278 g/mol. The molecule has 18 heavy (non-hydrogen) atoms. The van der Waals surface area contributed by atoms with E-state index in [1.54, 1.807) is 17.8 Å². The Morgan fingerprint density at radius 1 is 1.33 bits per heavy atom. The van der Waals surface area contributed by atoms with Crippen molar-refractivity contribution in [2.45, 2.75) is 30.6 Å². The normalized spacial score (nSPS) is 16.1. The maximum atomic E-state index is 12.3. The van der Waals surface area contributed by atoms with Crippen molar-refractivity contribution in [3.63, 3.8) is 0 Å². The first-order valence-corrected chi connectivity index (χ1v) is 8.31. The molecule has 5 heteroatoms. The summed E-state index contributed by atoms with van der Waals surface area (Å²) >= 11 is 7.74. The SMILES string of the molecule is CSc1cccc(Cl)c1C(=O)P[C]1CCCC1.[LiH]. The fourth-order valence-corrected chi connectivity index (χ4v) is 4.47. The van der Waals surface area contributed by atoms with Crippen molar-refractivity contribution in [3.8, 4) is 0 Å². The minimum atomic E-state index is 0. The van der Waals surface area contributed by atoms with Crippen LogP contribution in [0.2, 0.25) is 5.02 Å². The Bertz CT molecular complexity index is 421. The molecule has 93 valence electrons. The fraction of sp³-hybridized carbons (Fsp3) is 0.385. The molecule has 0 amide bonds. The van der Waals surface area contributed by atoms with E-state index in [-0.39, 0.29) is 24.4 Å². The van der Waals surface area contributed by atoms with E-state index in [9.17, 15) is 4.79 Å². The molecule has 0 heterocycles. The van der Waals surface area contributed by atoms with Crippen LogP contribution < -0.4 is 0 Å². The van der Waals surface area contributed by atoms with Gasteiger partial charge in [-0.2, -0.15) is 0 Å². The molecule has 0 bridgehead atoms. The quantitative estimate of drug-likeness (QED) is 0.467. The van der Waals surface area contributed by atoms with Crippen LogP contribution in [0, 0.1) is 5.66 Å². The van der Waals surface area contributed by atoms with Gasteiger partial charge in [0, 0.05) is 10.6 Å². The van der Waals surface area contributed by atoms with Crippen molar-refractivity contribution in [1.29, 1.82) is 0 Å². The second-order valence-corrected chi connectivity index (χ2v) is 6.75. The van der Waals surface area contributed by atoms with Crippen LogP contribution in [0.4, 0.5) is 0 Å². The van der Waals surface area contributed by atoms with Gasteiger partial charge in [0.15, 0.2) is 5.52 Å². The Hall–Kier alpha value is 0.557. The Labute approximate surface area is 132 Å². The molecule has 0 aliphatic heterocycles. The number of carbonyl (C=O) groups excluding carboxylic acids is 1. The second kappa shape index (κ2) is 7.98.